The summed E-state index contributed by atoms with van der Waals surface area (Å²) in [6.45, 7) is 0.113. The molecule has 88 valence electrons. The number of rotatable bonds is 3. The monoisotopic (exact) mass is 234 g/mol. The molecule has 0 aromatic carbocycles. The fourth-order valence-corrected chi connectivity index (χ4v) is 0.996. The maximum Gasteiger partial charge on any atom is 0.422 e. The van der Waals surface area contributed by atoms with Gasteiger partial charge < -0.3 is 10.5 Å². The maximum atomic E-state index is 11.8. The average molecular weight is 234 g/mol. The molecule has 0 atom stereocenters. The standard InChI is InChI=1S/C9H9F3N2O2/c1-5-2-3-6(14-7(5)8(13)15)16-4-9(10,11)12/h2-3H,4H2,1H3,(H2,13,15). The number of carbonyl (C=O) groups is 1. The van der Waals surface area contributed by atoms with Crippen LogP contribution in [0.25, 0.3) is 0 Å². The maximum absolute atomic E-state index is 11.8. The van der Waals surface area contributed by atoms with E-state index in [4.69, 9.17) is 5.73 Å². The van der Waals surface area contributed by atoms with E-state index in [1.54, 1.807) is 6.92 Å². The third kappa shape index (κ3) is 3.41. The number of pyridine rings is 1. The van der Waals surface area contributed by atoms with Gasteiger partial charge in [0.05, 0.1) is 0 Å². The number of carbonyl (C=O) groups excluding carboxylic acids is 1. The number of hydrogen-bond donors (Lipinski definition) is 1. The van der Waals surface area contributed by atoms with Crippen LogP contribution >= 0.6 is 0 Å². The molecule has 1 rings (SSSR count). The first kappa shape index (κ1) is 12.3. The lowest BCUT2D eigenvalue weighted by Crippen LogP contribution is -2.21. The Labute approximate surface area is 89.2 Å². The fourth-order valence-electron chi connectivity index (χ4n) is 0.996. The van der Waals surface area contributed by atoms with E-state index in [2.05, 4.69) is 9.72 Å². The highest BCUT2D eigenvalue weighted by atomic mass is 19.4. The molecule has 0 saturated heterocycles. The van der Waals surface area contributed by atoms with Gasteiger partial charge in [0.15, 0.2) is 6.61 Å². The molecule has 0 radical (unpaired) electrons. The van der Waals surface area contributed by atoms with Crippen molar-refractivity contribution in [3.05, 3.63) is 23.4 Å². The highest BCUT2D eigenvalue weighted by molar-refractivity contribution is 5.92. The normalized spacial score (nSPS) is 11.2. The van der Waals surface area contributed by atoms with Crippen LogP contribution in [-0.2, 0) is 0 Å². The van der Waals surface area contributed by atoms with Crippen molar-refractivity contribution in [1.82, 2.24) is 4.98 Å². The molecule has 0 aliphatic rings. The zero-order chi connectivity index (χ0) is 12.3. The molecule has 1 aromatic rings. The van der Waals surface area contributed by atoms with E-state index >= 15 is 0 Å². The molecule has 0 fully saturated rings. The van der Waals surface area contributed by atoms with Crippen LogP contribution in [0.5, 0.6) is 5.88 Å². The second kappa shape index (κ2) is 4.38. The van der Waals surface area contributed by atoms with Gasteiger partial charge in [-0.05, 0) is 12.5 Å². The molecule has 0 saturated carbocycles. The predicted molar refractivity (Wildman–Crippen MR) is 49.0 cm³/mol. The first-order valence-electron chi connectivity index (χ1n) is 4.26. The van der Waals surface area contributed by atoms with Crippen LogP contribution in [0, 0.1) is 6.92 Å². The number of aryl methyl sites for hydroxylation is 1. The Kier molecular flexibility index (Phi) is 3.36. The topological polar surface area (TPSA) is 65.2 Å². The number of amides is 1. The van der Waals surface area contributed by atoms with Gasteiger partial charge >= 0.3 is 6.18 Å². The van der Waals surface area contributed by atoms with E-state index in [1.807, 2.05) is 0 Å². The number of nitrogens with zero attached hydrogens (tertiary/aromatic N) is 1. The van der Waals surface area contributed by atoms with Crippen molar-refractivity contribution in [2.24, 2.45) is 5.73 Å². The van der Waals surface area contributed by atoms with Crippen molar-refractivity contribution < 1.29 is 22.7 Å². The number of primary amides is 1. The van der Waals surface area contributed by atoms with Crippen LogP contribution in [-0.4, -0.2) is 23.7 Å². The van der Waals surface area contributed by atoms with E-state index in [1.165, 1.54) is 12.1 Å². The predicted octanol–water partition coefficient (Wildman–Crippen LogP) is 1.43. The van der Waals surface area contributed by atoms with Crippen LogP contribution in [0.3, 0.4) is 0 Å². The molecule has 0 bridgehead atoms. The smallest absolute Gasteiger partial charge is 0.422 e. The summed E-state index contributed by atoms with van der Waals surface area (Å²) < 4.78 is 39.9. The summed E-state index contributed by atoms with van der Waals surface area (Å²) in [5.41, 5.74) is 5.37. The fraction of sp³-hybridized carbons (Fsp3) is 0.333. The van der Waals surface area contributed by atoms with Crippen molar-refractivity contribution >= 4 is 5.91 Å². The van der Waals surface area contributed by atoms with Crippen molar-refractivity contribution in [3.63, 3.8) is 0 Å². The minimum atomic E-state index is -4.44. The molecular formula is C9H9F3N2O2. The minimum Gasteiger partial charge on any atom is -0.468 e. The van der Waals surface area contributed by atoms with E-state index in [9.17, 15) is 18.0 Å². The van der Waals surface area contributed by atoms with Crippen molar-refractivity contribution in [2.45, 2.75) is 13.1 Å². The third-order valence-electron chi connectivity index (χ3n) is 1.69. The van der Waals surface area contributed by atoms with E-state index < -0.39 is 18.7 Å². The van der Waals surface area contributed by atoms with E-state index in [0.29, 0.717) is 5.56 Å². The molecule has 16 heavy (non-hydrogen) atoms. The summed E-state index contributed by atoms with van der Waals surface area (Å²) in [6.07, 6.45) is -4.44. The van der Waals surface area contributed by atoms with E-state index in [0.717, 1.165) is 0 Å². The van der Waals surface area contributed by atoms with Crippen LogP contribution in [0.15, 0.2) is 12.1 Å². The van der Waals surface area contributed by atoms with Gasteiger partial charge in [0.1, 0.15) is 5.69 Å². The van der Waals surface area contributed by atoms with Gasteiger partial charge in [-0.2, -0.15) is 13.2 Å². The van der Waals surface area contributed by atoms with Crippen molar-refractivity contribution in [2.75, 3.05) is 6.61 Å². The molecular weight excluding hydrogens is 225 g/mol. The highest BCUT2D eigenvalue weighted by Gasteiger charge is 2.28. The van der Waals surface area contributed by atoms with Crippen LogP contribution in [0.2, 0.25) is 0 Å². The lowest BCUT2D eigenvalue weighted by atomic mass is 10.2. The molecule has 0 spiro atoms. The van der Waals surface area contributed by atoms with Crippen LogP contribution in [0.4, 0.5) is 13.2 Å². The molecule has 2 N–H and O–H groups in total. The van der Waals surface area contributed by atoms with Crippen LogP contribution < -0.4 is 10.5 Å². The average Bonchev–Trinajstić information content (AvgIpc) is 2.14. The van der Waals surface area contributed by atoms with Gasteiger partial charge in [-0.25, -0.2) is 4.98 Å². The summed E-state index contributed by atoms with van der Waals surface area (Å²) in [5.74, 6) is -1.09. The summed E-state index contributed by atoms with van der Waals surface area (Å²) in [5, 5.41) is 0. The minimum absolute atomic E-state index is 0.0975. The zero-order valence-electron chi connectivity index (χ0n) is 8.34. The molecule has 0 aliphatic carbocycles. The summed E-state index contributed by atoms with van der Waals surface area (Å²) in [7, 11) is 0. The number of ether oxygens (including phenoxy) is 1. The van der Waals surface area contributed by atoms with Gasteiger partial charge in [0.2, 0.25) is 5.88 Å². The van der Waals surface area contributed by atoms with Crippen molar-refractivity contribution in [3.8, 4) is 5.88 Å². The molecule has 0 aliphatic heterocycles. The number of halogens is 3. The molecule has 1 heterocycles. The highest BCUT2D eigenvalue weighted by Crippen LogP contribution is 2.18. The SMILES string of the molecule is Cc1ccc(OCC(F)(F)F)nc1C(N)=O. The number of alkyl halides is 3. The first-order chi connectivity index (χ1) is 7.29. The quantitative estimate of drug-likeness (QED) is 0.860. The Hall–Kier alpha value is -1.79. The van der Waals surface area contributed by atoms with Gasteiger partial charge in [-0.1, -0.05) is 6.07 Å². The second-order valence-corrected chi connectivity index (χ2v) is 3.08. The lowest BCUT2D eigenvalue weighted by molar-refractivity contribution is -0.154. The van der Waals surface area contributed by atoms with Gasteiger partial charge in [0.25, 0.3) is 5.91 Å². The first-order valence-corrected chi connectivity index (χ1v) is 4.26. The number of aromatic nitrogens is 1. The summed E-state index contributed by atoms with van der Waals surface area (Å²) >= 11 is 0. The third-order valence-corrected chi connectivity index (χ3v) is 1.69. The molecule has 0 unspecified atom stereocenters. The number of hydrogen-bond acceptors (Lipinski definition) is 3. The largest absolute Gasteiger partial charge is 0.468 e. The Morgan fingerprint density at radius 1 is 1.50 bits per heavy atom. The summed E-state index contributed by atoms with van der Waals surface area (Å²) in [4.78, 5) is 14.4. The summed E-state index contributed by atoms with van der Waals surface area (Å²) in [6, 6.07) is 2.66. The zero-order valence-corrected chi connectivity index (χ0v) is 8.34. The molecule has 4 nitrogen and oxygen atoms in total. The Bertz CT molecular complexity index is 404. The van der Waals surface area contributed by atoms with Gasteiger partial charge in [-0.15, -0.1) is 0 Å². The lowest BCUT2D eigenvalue weighted by Gasteiger charge is -2.09. The Balaban J connectivity index is 2.83. The molecule has 1 amide bonds. The Morgan fingerprint density at radius 3 is 2.62 bits per heavy atom. The van der Waals surface area contributed by atoms with Crippen molar-refractivity contribution in [1.29, 1.82) is 0 Å². The van der Waals surface area contributed by atoms with Crippen LogP contribution in [0.1, 0.15) is 16.1 Å². The van der Waals surface area contributed by atoms with E-state index in [-0.39, 0.29) is 11.6 Å². The molecule has 1 aromatic heterocycles. The van der Waals surface area contributed by atoms with Gasteiger partial charge in [0, 0.05) is 6.07 Å². The second-order valence-electron chi connectivity index (χ2n) is 3.08. The molecule has 7 heteroatoms. The number of nitrogens with two attached hydrogens (primary N) is 1. The van der Waals surface area contributed by atoms with Gasteiger partial charge in [-0.3, -0.25) is 4.79 Å². The Morgan fingerprint density at radius 2 is 2.12 bits per heavy atom.